The smallest absolute Gasteiger partial charge is 0.260 e. The second kappa shape index (κ2) is 17.1. The third-order valence-electron chi connectivity index (χ3n) is 12.5. The van der Waals surface area contributed by atoms with Crippen LogP contribution in [0.2, 0.25) is 0 Å². The van der Waals surface area contributed by atoms with Gasteiger partial charge in [0.25, 0.3) is 11.8 Å². The van der Waals surface area contributed by atoms with E-state index in [9.17, 15) is 19.2 Å². The fourth-order valence-electron chi connectivity index (χ4n) is 8.58. The van der Waals surface area contributed by atoms with Crippen LogP contribution in [-0.2, 0) is 16.0 Å². The number of ketones is 1. The number of nitrogens with zero attached hydrogens (tertiary/aromatic N) is 3. The van der Waals surface area contributed by atoms with Crippen molar-refractivity contribution in [2.45, 2.75) is 97.2 Å². The Hall–Kier alpha value is -5.75. The van der Waals surface area contributed by atoms with Crippen LogP contribution in [0.4, 0.5) is 11.4 Å². The Morgan fingerprint density at radius 3 is 2.33 bits per heavy atom. The molecule has 0 aromatic heterocycles. The van der Waals surface area contributed by atoms with Gasteiger partial charge >= 0.3 is 0 Å². The number of methoxy groups -OCH3 is 1. The first-order valence-electron chi connectivity index (χ1n) is 21.3. The first kappa shape index (κ1) is 41.0. The van der Waals surface area contributed by atoms with Crippen LogP contribution >= 0.6 is 0 Å². The number of ether oxygens (including phenoxy) is 3. The van der Waals surface area contributed by atoms with E-state index in [-0.39, 0.29) is 47.9 Å². The molecule has 12 nitrogen and oxygen atoms in total. The first-order valence-corrected chi connectivity index (χ1v) is 21.3. The van der Waals surface area contributed by atoms with Crippen LogP contribution in [0.3, 0.4) is 0 Å². The number of amides is 3. The van der Waals surface area contributed by atoms with E-state index in [1.807, 2.05) is 85.6 Å². The predicted molar refractivity (Wildman–Crippen MR) is 231 cm³/mol. The molecule has 0 unspecified atom stereocenters. The minimum Gasteiger partial charge on any atom is -0.493 e. The number of nitrogens with one attached hydrogen (secondary N) is 1. The van der Waals surface area contributed by atoms with Gasteiger partial charge in [-0.25, -0.2) is 0 Å². The van der Waals surface area contributed by atoms with Gasteiger partial charge in [-0.05, 0) is 115 Å². The molecule has 4 heterocycles. The third kappa shape index (κ3) is 8.48. The van der Waals surface area contributed by atoms with Gasteiger partial charge in [0.15, 0.2) is 17.3 Å². The van der Waals surface area contributed by atoms with Crippen molar-refractivity contribution in [2.24, 2.45) is 28.5 Å². The molecule has 4 atom stereocenters. The van der Waals surface area contributed by atoms with Crippen molar-refractivity contribution < 1.29 is 33.4 Å². The monoisotopic (exact) mass is 813 g/mol. The lowest BCUT2D eigenvalue weighted by molar-refractivity contribution is -0.127. The Bertz CT molecular complexity index is 2290. The lowest BCUT2D eigenvalue weighted by Gasteiger charge is -2.20. The number of rotatable bonds is 15. The lowest BCUT2D eigenvalue weighted by atomic mass is 9.93. The van der Waals surface area contributed by atoms with Gasteiger partial charge < -0.3 is 35.1 Å². The number of nitrogens with two attached hydrogens (primary N) is 1. The molecular weight excluding hydrogens is 759 g/mol. The Morgan fingerprint density at radius 1 is 0.883 bits per heavy atom. The molecule has 3 aromatic carbocycles. The van der Waals surface area contributed by atoms with E-state index in [1.165, 1.54) is 18.4 Å². The molecule has 3 amide bonds. The zero-order valence-electron chi connectivity index (χ0n) is 35.2. The number of carbonyl (C=O) groups excluding carboxylic acids is 4. The molecule has 1 saturated carbocycles. The Kier molecular flexibility index (Phi) is 11.7. The summed E-state index contributed by atoms with van der Waals surface area (Å²) < 4.78 is 18.0. The van der Waals surface area contributed by atoms with E-state index in [0.717, 1.165) is 53.7 Å². The van der Waals surface area contributed by atoms with E-state index >= 15 is 0 Å². The van der Waals surface area contributed by atoms with Crippen molar-refractivity contribution in [3.8, 4) is 17.2 Å². The second-order valence-corrected chi connectivity index (χ2v) is 17.3. The first-order chi connectivity index (χ1) is 28.9. The summed E-state index contributed by atoms with van der Waals surface area (Å²) in [5.74, 6) is 1.47. The van der Waals surface area contributed by atoms with Gasteiger partial charge in [-0.3, -0.25) is 24.2 Å². The minimum atomic E-state index is -0.575. The van der Waals surface area contributed by atoms with Crippen LogP contribution in [-0.4, -0.2) is 78.0 Å². The van der Waals surface area contributed by atoms with Crippen molar-refractivity contribution in [2.75, 3.05) is 25.6 Å². The van der Waals surface area contributed by atoms with Crippen LogP contribution in [0.1, 0.15) is 103 Å². The summed E-state index contributed by atoms with van der Waals surface area (Å²) in [6.45, 7) is 8.27. The van der Waals surface area contributed by atoms with Gasteiger partial charge in [0, 0.05) is 60.7 Å². The maximum absolute atomic E-state index is 14.0. The van der Waals surface area contributed by atoms with Crippen molar-refractivity contribution in [3.05, 3.63) is 94.3 Å². The number of Topliss-reactive ketones (excluding diaryl/α,β-unsaturated/α-hetero) is 1. The van der Waals surface area contributed by atoms with Crippen molar-refractivity contribution in [1.82, 2.24) is 9.80 Å². The lowest BCUT2D eigenvalue weighted by Crippen LogP contribution is -2.37. The minimum absolute atomic E-state index is 0.0178. The van der Waals surface area contributed by atoms with Crippen LogP contribution in [0, 0.1) is 24.7 Å². The number of aliphatic imine (C=N–C) groups is 1. The number of fused-ring (bicyclic) bond motifs is 4. The summed E-state index contributed by atoms with van der Waals surface area (Å²) in [6.07, 6.45) is 12.1. The Balaban J connectivity index is 0.847. The molecule has 12 heteroatoms. The summed E-state index contributed by atoms with van der Waals surface area (Å²) in [4.78, 5) is 61.1. The van der Waals surface area contributed by atoms with E-state index in [4.69, 9.17) is 24.9 Å². The summed E-state index contributed by atoms with van der Waals surface area (Å²) in [7, 11) is 1.57. The SMILES string of the molecule is COc1cc2c(cc1OCCCOc1cc3c(cc1C)C(=O)N1C=C(c4ccc(NC(=O)[C@H](C)CC(=O)[C@@H](N)C(C)C)cc4)C[C@H]1CC3)N=C[C@@H]1CC(C3CC3)=CN1C2=O. The molecule has 0 radical (unpaired) electrons. The molecule has 3 N–H and O–H groups in total. The number of hydrogen-bond donors (Lipinski definition) is 2. The highest BCUT2D eigenvalue weighted by Gasteiger charge is 2.38. The number of anilines is 1. The fraction of sp³-hybridized carbons (Fsp3) is 0.438. The molecule has 8 rings (SSSR count). The van der Waals surface area contributed by atoms with Crippen molar-refractivity contribution in [1.29, 1.82) is 0 Å². The average Bonchev–Trinajstić information content (AvgIpc) is 3.92. The van der Waals surface area contributed by atoms with E-state index in [1.54, 1.807) is 26.2 Å². The van der Waals surface area contributed by atoms with Gasteiger partial charge in [0.2, 0.25) is 5.91 Å². The Morgan fingerprint density at radius 2 is 1.62 bits per heavy atom. The maximum atomic E-state index is 14.0. The van der Waals surface area contributed by atoms with Crippen molar-refractivity contribution in [3.63, 3.8) is 0 Å². The average molecular weight is 814 g/mol. The van der Waals surface area contributed by atoms with Gasteiger partial charge in [0.05, 0.1) is 43.7 Å². The van der Waals surface area contributed by atoms with E-state index < -0.39 is 12.0 Å². The molecule has 1 aliphatic carbocycles. The molecule has 0 bridgehead atoms. The summed E-state index contributed by atoms with van der Waals surface area (Å²) >= 11 is 0. The largest absolute Gasteiger partial charge is 0.493 e. The van der Waals surface area contributed by atoms with Gasteiger partial charge in [-0.1, -0.05) is 32.9 Å². The molecule has 5 aliphatic rings. The number of hydrogen-bond acceptors (Lipinski definition) is 9. The number of carbonyl (C=O) groups is 4. The fourth-order valence-corrected chi connectivity index (χ4v) is 8.58. The summed E-state index contributed by atoms with van der Waals surface area (Å²) in [6, 6.07) is 14.5. The quantitative estimate of drug-likeness (QED) is 0.148. The highest BCUT2D eigenvalue weighted by atomic mass is 16.5. The topological polar surface area (TPSA) is 153 Å². The molecular formula is C48H55N5O7. The molecule has 0 saturated heterocycles. The molecule has 60 heavy (non-hydrogen) atoms. The second-order valence-electron chi connectivity index (χ2n) is 17.3. The molecule has 1 fully saturated rings. The zero-order valence-corrected chi connectivity index (χ0v) is 35.2. The van der Waals surface area contributed by atoms with Gasteiger partial charge in [0.1, 0.15) is 5.75 Å². The van der Waals surface area contributed by atoms with Gasteiger partial charge in [-0.2, -0.15) is 0 Å². The Labute approximate surface area is 351 Å². The number of benzene rings is 3. The molecule has 314 valence electrons. The van der Waals surface area contributed by atoms with Crippen LogP contribution in [0.25, 0.3) is 5.57 Å². The summed E-state index contributed by atoms with van der Waals surface area (Å²) in [5.41, 5.74) is 13.7. The molecule has 0 spiro atoms. The van der Waals surface area contributed by atoms with Crippen LogP contribution in [0.15, 0.2) is 71.5 Å². The van der Waals surface area contributed by atoms with E-state index in [0.29, 0.717) is 59.6 Å². The molecule has 4 aliphatic heterocycles. The van der Waals surface area contributed by atoms with Crippen LogP contribution in [0.5, 0.6) is 17.2 Å². The van der Waals surface area contributed by atoms with Crippen LogP contribution < -0.4 is 25.3 Å². The third-order valence-corrected chi connectivity index (χ3v) is 12.5. The molecule has 3 aromatic rings. The maximum Gasteiger partial charge on any atom is 0.260 e. The number of aryl methyl sites for hydroxylation is 2. The highest BCUT2D eigenvalue weighted by molar-refractivity contribution is 6.04. The zero-order chi connectivity index (χ0) is 42.2. The predicted octanol–water partition coefficient (Wildman–Crippen LogP) is 7.79. The van der Waals surface area contributed by atoms with Crippen molar-refractivity contribution >= 4 is 46.7 Å². The van der Waals surface area contributed by atoms with Gasteiger partial charge in [-0.15, -0.1) is 0 Å². The standard InChI is InChI=1S/C48H55N5O7/c1-27(2)45(49)41(54)18-29(4)46(55)51-35-12-9-31(10-13-35)33-19-36-14-11-32-21-42(28(3)17-38(32)47(56)52(36)25-33)59-15-6-16-60-44-23-40-39(22-43(44)58-5)48(57)53-26-34(30-7-8-30)20-37(53)24-50-40/h9-10,12-13,17,21-27,29-30,36-37,45H,6-8,11,14-16,18-20,49H2,1-5H3,(H,51,55)/t29-,36-,37+,45+/m1/s1. The highest BCUT2D eigenvalue weighted by Crippen LogP contribution is 2.44. The van der Waals surface area contributed by atoms with E-state index in [2.05, 4.69) is 5.32 Å². The summed E-state index contributed by atoms with van der Waals surface area (Å²) in [5, 5.41) is 2.92. The normalized spacial score (nSPS) is 20.2.